The van der Waals surface area contributed by atoms with Gasteiger partial charge in [-0.1, -0.05) is 13.8 Å². The van der Waals surface area contributed by atoms with Crippen molar-refractivity contribution >= 4 is 15.9 Å². The van der Waals surface area contributed by atoms with Crippen molar-refractivity contribution in [1.82, 2.24) is 10.2 Å². The number of ether oxygens (including phenoxy) is 2. The number of halogens is 1. The summed E-state index contributed by atoms with van der Waals surface area (Å²) in [7, 11) is 0. The number of nitrogens with zero attached hydrogens (tertiary/aromatic N) is 1. The molecule has 1 saturated heterocycles. The van der Waals surface area contributed by atoms with E-state index in [0.29, 0.717) is 19.1 Å². The Hall–Kier alpha value is -0.780. The zero-order valence-electron chi connectivity index (χ0n) is 12.7. The summed E-state index contributed by atoms with van der Waals surface area (Å²) in [5.74, 6) is 2.20. The van der Waals surface area contributed by atoms with E-state index in [4.69, 9.17) is 9.47 Å². The Kier molecular flexibility index (Phi) is 4.72. The minimum atomic E-state index is 0.452. The third-order valence-electron chi connectivity index (χ3n) is 4.08. The van der Waals surface area contributed by atoms with E-state index in [1.165, 1.54) is 11.1 Å². The van der Waals surface area contributed by atoms with Crippen LogP contribution >= 0.6 is 15.9 Å². The molecule has 0 radical (unpaired) electrons. The molecular formula is C16H23BrN2O2. The Morgan fingerprint density at radius 1 is 1.24 bits per heavy atom. The van der Waals surface area contributed by atoms with Crippen LogP contribution in [-0.4, -0.2) is 44.3 Å². The summed E-state index contributed by atoms with van der Waals surface area (Å²) in [4.78, 5) is 2.50. The number of benzene rings is 1. The lowest BCUT2D eigenvalue weighted by Gasteiger charge is -2.30. The van der Waals surface area contributed by atoms with Gasteiger partial charge in [0.2, 0.25) is 0 Å². The van der Waals surface area contributed by atoms with Crippen molar-refractivity contribution in [2.24, 2.45) is 0 Å². The molecule has 116 valence electrons. The lowest BCUT2D eigenvalue weighted by molar-refractivity contribution is 0.169. The van der Waals surface area contributed by atoms with Crippen LogP contribution < -0.4 is 14.8 Å². The highest BCUT2D eigenvalue weighted by Gasteiger charge is 2.24. The second-order valence-electron chi connectivity index (χ2n) is 5.97. The number of nitrogens with one attached hydrogen (secondary N) is 1. The zero-order valence-corrected chi connectivity index (χ0v) is 14.3. The number of hydrogen-bond donors (Lipinski definition) is 1. The lowest BCUT2D eigenvalue weighted by Crippen LogP contribution is -2.43. The van der Waals surface area contributed by atoms with Crippen molar-refractivity contribution in [3.05, 3.63) is 21.7 Å². The first-order chi connectivity index (χ1) is 10.2. The third-order valence-corrected chi connectivity index (χ3v) is 4.87. The van der Waals surface area contributed by atoms with Crippen molar-refractivity contribution in [2.45, 2.75) is 26.3 Å². The molecule has 0 bridgehead atoms. The van der Waals surface area contributed by atoms with Crippen molar-refractivity contribution in [1.29, 1.82) is 0 Å². The van der Waals surface area contributed by atoms with Crippen LogP contribution in [0.25, 0.3) is 0 Å². The van der Waals surface area contributed by atoms with Crippen molar-refractivity contribution in [2.75, 3.05) is 39.4 Å². The van der Waals surface area contributed by atoms with Gasteiger partial charge in [-0.25, -0.2) is 0 Å². The SMILES string of the molecule is CC(C)c1c(CN2CCNCC2)cc2c(c1Br)OCCO2. The van der Waals surface area contributed by atoms with Crippen LogP contribution in [0.1, 0.15) is 30.9 Å². The number of piperazine rings is 1. The summed E-state index contributed by atoms with van der Waals surface area (Å²) in [6, 6.07) is 2.18. The molecule has 3 rings (SSSR count). The molecule has 2 aliphatic heterocycles. The molecule has 2 aliphatic rings. The fourth-order valence-corrected chi connectivity index (χ4v) is 4.10. The highest BCUT2D eigenvalue weighted by atomic mass is 79.9. The van der Waals surface area contributed by atoms with E-state index in [1.54, 1.807) is 0 Å². The highest BCUT2D eigenvalue weighted by molar-refractivity contribution is 9.10. The summed E-state index contributed by atoms with van der Waals surface area (Å²) >= 11 is 3.75. The van der Waals surface area contributed by atoms with Gasteiger partial charge in [-0.15, -0.1) is 0 Å². The van der Waals surface area contributed by atoms with Crippen LogP contribution in [0.5, 0.6) is 11.5 Å². The van der Waals surface area contributed by atoms with Crippen molar-refractivity contribution < 1.29 is 9.47 Å². The van der Waals surface area contributed by atoms with E-state index < -0.39 is 0 Å². The largest absolute Gasteiger partial charge is 0.486 e. The maximum absolute atomic E-state index is 5.79. The molecule has 2 heterocycles. The fourth-order valence-electron chi connectivity index (χ4n) is 3.08. The molecular weight excluding hydrogens is 332 g/mol. The maximum Gasteiger partial charge on any atom is 0.175 e. The molecule has 0 spiro atoms. The van der Waals surface area contributed by atoms with Gasteiger partial charge in [-0.2, -0.15) is 0 Å². The van der Waals surface area contributed by atoms with Crippen molar-refractivity contribution in [3.63, 3.8) is 0 Å². The Morgan fingerprint density at radius 2 is 1.95 bits per heavy atom. The molecule has 1 fully saturated rings. The third kappa shape index (κ3) is 3.20. The van der Waals surface area contributed by atoms with Gasteiger partial charge >= 0.3 is 0 Å². The second-order valence-corrected chi connectivity index (χ2v) is 6.76. The first-order valence-electron chi connectivity index (χ1n) is 7.70. The number of rotatable bonds is 3. The predicted molar refractivity (Wildman–Crippen MR) is 87.4 cm³/mol. The van der Waals surface area contributed by atoms with Crippen molar-refractivity contribution in [3.8, 4) is 11.5 Å². The summed E-state index contributed by atoms with van der Waals surface area (Å²) in [6.07, 6.45) is 0. The van der Waals surface area contributed by atoms with Gasteiger partial charge in [0.1, 0.15) is 13.2 Å². The second kappa shape index (κ2) is 6.55. The Labute approximate surface area is 134 Å². The topological polar surface area (TPSA) is 33.7 Å². The Balaban J connectivity index is 1.95. The normalized spacial score (nSPS) is 19.0. The van der Waals surface area contributed by atoms with E-state index in [1.807, 2.05) is 0 Å². The quantitative estimate of drug-likeness (QED) is 0.904. The maximum atomic E-state index is 5.79. The molecule has 1 N–H and O–H groups in total. The standard InChI is InChI=1S/C16H23BrN2O2/c1-11(2)14-12(10-19-5-3-18-4-6-19)9-13-16(15(14)17)21-8-7-20-13/h9,11,18H,3-8,10H2,1-2H3. The Bertz CT molecular complexity index is 513. The van der Waals surface area contributed by atoms with E-state index in [9.17, 15) is 0 Å². The monoisotopic (exact) mass is 354 g/mol. The van der Waals surface area contributed by atoms with Crippen LogP contribution in [0.3, 0.4) is 0 Å². The van der Waals surface area contributed by atoms with Crippen LogP contribution in [0.2, 0.25) is 0 Å². The fraction of sp³-hybridized carbons (Fsp3) is 0.625. The van der Waals surface area contributed by atoms with Crippen LogP contribution in [0, 0.1) is 0 Å². The van der Waals surface area contributed by atoms with Gasteiger partial charge in [-0.3, -0.25) is 4.90 Å². The van der Waals surface area contributed by atoms with E-state index in [0.717, 1.165) is 48.7 Å². The van der Waals surface area contributed by atoms with E-state index in [2.05, 4.69) is 46.1 Å². The van der Waals surface area contributed by atoms with Crippen LogP contribution in [-0.2, 0) is 6.54 Å². The molecule has 0 saturated carbocycles. The Morgan fingerprint density at radius 3 is 2.67 bits per heavy atom. The predicted octanol–water partition coefficient (Wildman–Crippen LogP) is 2.75. The lowest BCUT2D eigenvalue weighted by atomic mass is 9.95. The average molecular weight is 355 g/mol. The molecule has 0 aliphatic carbocycles. The summed E-state index contributed by atoms with van der Waals surface area (Å²) < 4.78 is 12.6. The van der Waals surface area contributed by atoms with Gasteiger partial charge in [0.05, 0.1) is 4.47 Å². The van der Waals surface area contributed by atoms with Gasteiger partial charge in [0.25, 0.3) is 0 Å². The first-order valence-corrected chi connectivity index (χ1v) is 8.50. The first kappa shape index (κ1) is 15.1. The van der Waals surface area contributed by atoms with Gasteiger partial charge in [0.15, 0.2) is 11.5 Å². The average Bonchev–Trinajstić information content (AvgIpc) is 2.48. The molecule has 4 nitrogen and oxygen atoms in total. The molecule has 0 aromatic heterocycles. The van der Waals surface area contributed by atoms with E-state index in [-0.39, 0.29) is 0 Å². The minimum absolute atomic E-state index is 0.452. The molecule has 1 aromatic carbocycles. The van der Waals surface area contributed by atoms with E-state index >= 15 is 0 Å². The number of fused-ring (bicyclic) bond motifs is 1. The van der Waals surface area contributed by atoms with Gasteiger partial charge in [-0.05, 0) is 39.0 Å². The summed E-state index contributed by atoms with van der Waals surface area (Å²) in [6.45, 7) is 11.0. The van der Waals surface area contributed by atoms with Crippen LogP contribution in [0.4, 0.5) is 0 Å². The molecule has 1 aromatic rings. The number of hydrogen-bond acceptors (Lipinski definition) is 4. The summed E-state index contributed by atoms with van der Waals surface area (Å²) in [5, 5.41) is 3.40. The molecule has 0 unspecified atom stereocenters. The molecule has 5 heteroatoms. The van der Waals surface area contributed by atoms with Gasteiger partial charge < -0.3 is 14.8 Å². The van der Waals surface area contributed by atoms with Gasteiger partial charge in [0, 0.05) is 32.7 Å². The highest BCUT2D eigenvalue weighted by Crippen LogP contribution is 2.44. The van der Waals surface area contributed by atoms with Crippen LogP contribution in [0.15, 0.2) is 10.5 Å². The minimum Gasteiger partial charge on any atom is -0.486 e. The molecule has 0 amide bonds. The zero-order chi connectivity index (χ0) is 14.8. The smallest absolute Gasteiger partial charge is 0.175 e. The molecule has 21 heavy (non-hydrogen) atoms. The molecule has 0 atom stereocenters. The summed E-state index contributed by atoms with van der Waals surface area (Å²) in [5.41, 5.74) is 2.70.